The Bertz CT molecular complexity index is 173. The van der Waals surface area contributed by atoms with Crippen molar-refractivity contribution in [1.82, 2.24) is 5.32 Å². The largest absolute Gasteiger partial charge is 0.388 e. The highest BCUT2D eigenvalue weighted by Gasteiger charge is 2.30. The fourth-order valence-corrected chi connectivity index (χ4v) is 0.892. The zero-order valence-electron chi connectivity index (χ0n) is 7.76. The molecule has 0 aliphatic heterocycles. The first-order chi connectivity index (χ1) is 5.55. The van der Waals surface area contributed by atoms with Gasteiger partial charge < -0.3 is 10.4 Å². The summed E-state index contributed by atoms with van der Waals surface area (Å²) in [5, 5.41) is 12.3. The molecule has 0 aromatic heterocycles. The molecule has 1 aliphatic rings. The molecule has 12 heavy (non-hydrogen) atoms. The van der Waals surface area contributed by atoms with Gasteiger partial charge in [0.2, 0.25) is 5.91 Å². The summed E-state index contributed by atoms with van der Waals surface area (Å²) in [6.07, 6.45) is 2.69. The Balaban J connectivity index is 2.19. The first-order valence-corrected chi connectivity index (χ1v) is 4.55. The van der Waals surface area contributed by atoms with Gasteiger partial charge in [-0.1, -0.05) is 6.92 Å². The second kappa shape index (κ2) is 3.44. The monoisotopic (exact) mass is 171 g/mol. The lowest BCUT2D eigenvalue weighted by atomic mass is 10.0. The van der Waals surface area contributed by atoms with E-state index in [1.807, 2.05) is 6.92 Å². The van der Waals surface area contributed by atoms with Crippen molar-refractivity contribution >= 4 is 5.91 Å². The maximum Gasteiger partial charge on any atom is 0.223 e. The third-order valence-corrected chi connectivity index (χ3v) is 2.35. The van der Waals surface area contributed by atoms with E-state index in [0.717, 1.165) is 12.8 Å². The van der Waals surface area contributed by atoms with E-state index >= 15 is 0 Å². The van der Waals surface area contributed by atoms with Crippen LogP contribution in [0, 0.1) is 5.92 Å². The normalized spacial score (nSPS) is 21.6. The molecule has 1 amide bonds. The summed E-state index contributed by atoms with van der Waals surface area (Å²) < 4.78 is 0. The van der Waals surface area contributed by atoms with E-state index in [4.69, 9.17) is 0 Å². The quantitative estimate of drug-likeness (QED) is 0.653. The van der Waals surface area contributed by atoms with Crippen molar-refractivity contribution in [3.63, 3.8) is 0 Å². The Labute approximate surface area is 73.2 Å². The molecule has 0 radical (unpaired) electrons. The van der Waals surface area contributed by atoms with Crippen LogP contribution in [0.25, 0.3) is 0 Å². The predicted octanol–water partition coefficient (Wildman–Crippen LogP) is 0.674. The Hall–Kier alpha value is -0.570. The zero-order valence-corrected chi connectivity index (χ0v) is 7.76. The maximum atomic E-state index is 11.1. The highest BCUT2D eigenvalue weighted by molar-refractivity contribution is 5.80. The first kappa shape index (κ1) is 9.52. The van der Waals surface area contributed by atoms with E-state index in [-0.39, 0.29) is 11.8 Å². The summed E-state index contributed by atoms with van der Waals surface area (Å²) in [5.41, 5.74) is -0.745. The number of hydrogen-bond donors (Lipinski definition) is 2. The van der Waals surface area contributed by atoms with Crippen LogP contribution in [0.2, 0.25) is 0 Å². The van der Waals surface area contributed by atoms with E-state index in [0.29, 0.717) is 13.0 Å². The van der Waals surface area contributed by atoms with Crippen LogP contribution < -0.4 is 5.32 Å². The van der Waals surface area contributed by atoms with E-state index < -0.39 is 5.60 Å². The third kappa shape index (κ3) is 2.81. The average Bonchev–Trinajstić information content (AvgIpc) is 2.83. The van der Waals surface area contributed by atoms with Crippen LogP contribution in [-0.4, -0.2) is 23.2 Å². The minimum absolute atomic E-state index is 0.101. The number of rotatable bonds is 4. The molecular weight excluding hydrogens is 154 g/mol. The van der Waals surface area contributed by atoms with Crippen LogP contribution >= 0.6 is 0 Å². The lowest BCUT2D eigenvalue weighted by molar-refractivity contribution is -0.123. The third-order valence-electron chi connectivity index (χ3n) is 2.35. The van der Waals surface area contributed by atoms with E-state index in [1.165, 1.54) is 0 Å². The molecule has 3 heteroatoms. The smallest absolute Gasteiger partial charge is 0.223 e. The van der Waals surface area contributed by atoms with Gasteiger partial charge in [-0.3, -0.25) is 4.79 Å². The van der Waals surface area contributed by atoms with Gasteiger partial charge in [-0.2, -0.15) is 0 Å². The van der Waals surface area contributed by atoms with Gasteiger partial charge in [0, 0.05) is 12.5 Å². The second-order valence-electron chi connectivity index (χ2n) is 3.84. The lowest BCUT2D eigenvalue weighted by Gasteiger charge is -2.21. The summed E-state index contributed by atoms with van der Waals surface area (Å²) in [5.74, 6) is 0.335. The Morgan fingerprint density at radius 1 is 1.67 bits per heavy atom. The van der Waals surface area contributed by atoms with Gasteiger partial charge in [-0.15, -0.1) is 0 Å². The molecule has 1 unspecified atom stereocenters. The predicted molar refractivity (Wildman–Crippen MR) is 46.6 cm³/mol. The van der Waals surface area contributed by atoms with Gasteiger partial charge in [0.1, 0.15) is 0 Å². The summed E-state index contributed by atoms with van der Waals surface area (Å²) in [6.45, 7) is 4.02. The molecule has 0 spiro atoms. The average molecular weight is 171 g/mol. The summed E-state index contributed by atoms with van der Waals surface area (Å²) in [6, 6.07) is 0. The molecule has 1 saturated carbocycles. The van der Waals surface area contributed by atoms with Crippen molar-refractivity contribution in [3.05, 3.63) is 0 Å². The molecule has 2 N–H and O–H groups in total. The number of nitrogens with one attached hydrogen (secondary N) is 1. The number of carbonyl (C=O) groups excluding carboxylic acids is 1. The summed E-state index contributed by atoms with van der Waals surface area (Å²) >= 11 is 0. The van der Waals surface area contributed by atoms with Gasteiger partial charge in [0.05, 0.1) is 5.60 Å². The molecule has 1 rings (SSSR count). The molecule has 1 fully saturated rings. The van der Waals surface area contributed by atoms with Crippen molar-refractivity contribution < 1.29 is 9.90 Å². The standard InChI is InChI=1S/C9H17NO2/c1-3-9(2,12)6-10-8(11)7-4-5-7/h7,12H,3-6H2,1-2H3,(H,10,11). The number of carbonyl (C=O) groups is 1. The molecular formula is C9H17NO2. The molecule has 1 aliphatic carbocycles. The number of hydrogen-bond acceptors (Lipinski definition) is 2. The lowest BCUT2D eigenvalue weighted by Crippen LogP contribution is -2.40. The van der Waals surface area contributed by atoms with Crippen molar-refractivity contribution in [1.29, 1.82) is 0 Å². The van der Waals surface area contributed by atoms with Crippen LogP contribution in [0.3, 0.4) is 0 Å². The topological polar surface area (TPSA) is 49.3 Å². The van der Waals surface area contributed by atoms with Gasteiger partial charge in [0.25, 0.3) is 0 Å². The minimum atomic E-state index is -0.745. The molecule has 0 heterocycles. The fraction of sp³-hybridized carbons (Fsp3) is 0.889. The SMILES string of the molecule is CCC(C)(O)CNC(=O)C1CC1. The first-order valence-electron chi connectivity index (χ1n) is 4.55. The van der Waals surface area contributed by atoms with E-state index in [9.17, 15) is 9.90 Å². The van der Waals surface area contributed by atoms with Crippen LogP contribution in [0.4, 0.5) is 0 Å². The Morgan fingerprint density at radius 2 is 2.25 bits per heavy atom. The van der Waals surface area contributed by atoms with Crippen molar-refractivity contribution in [2.75, 3.05) is 6.54 Å². The van der Waals surface area contributed by atoms with Gasteiger partial charge in [-0.05, 0) is 26.2 Å². The van der Waals surface area contributed by atoms with Crippen molar-refractivity contribution in [2.45, 2.75) is 38.7 Å². The van der Waals surface area contributed by atoms with Gasteiger partial charge in [0.15, 0.2) is 0 Å². The van der Waals surface area contributed by atoms with Crippen molar-refractivity contribution in [2.24, 2.45) is 5.92 Å². The van der Waals surface area contributed by atoms with Crippen LogP contribution in [-0.2, 0) is 4.79 Å². The van der Waals surface area contributed by atoms with E-state index in [2.05, 4.69) is 5.32 Å². The molecule has 0 bridgehead atoms. The van der Waals surface area contributed by atoms with Crippen LogP contribution in [0.1, 0.15) is 33.1 Å². The number of amides is 1. The summed E-state index contributed by atoms with van der Waals surface area (Å²) in [4.78, 5) is 11.1. The summed E-state index contributed by atoms with van der Waals surface area (Å²) in [7, 11) is 0. The van der Waals surface area contributed by atoms with Crippen LogP contribution in [0.5, 0.6) is 0 Å². The molecule has 0 saturated heterocycles. The molecule has 0 aromatic carbocycles. The van der Waals surface area contributed by atoms with Crippen LogP contribution in [0.15, 0.2) is 0 Å². The highest BCUT2D eigenvalue weighted by Crippen LogP contribution is 2.28. The molecule has 1 atom stereocenters. The van der Waals surface area contributed by atoms with E-state index in [1.54, 1.807) is 6.92 Å². The molecule has 3 nitrogen and oxygen atoms in total. The molecule has 0 aromatic rings. The second-order valence-corrected chi connectivity index (χ2v) is 3.84. The zero-order chi connectivity index (χ0) is 9.19. The Morgan fingerprint density at radius 3 is 2.67 bits per heavy atom. The van der Waals surface area contributed by atoms with Gasteiger partial charge >= 0.3 is 0 Å². The van der Waals surface area contributed by atoms with Gasteiger partial charge in [-0.25, -0.2) is 0 Å². The maximum absolute atomic E-state index is 11.1. The minimum Gasteiger partial charge on any atom is -0.388 e. The number of aliphatic hydroxyl groups is 1. The Kier molecular flexibility index (Phi) is 2.73. The fourth-order valence-electron chi connectivity index (χ4n) is 0.892. The van der Waals surface area contributed by atoms with Crippen molar-refractivity contribution in [3.8, 4) is 0 Å². The molecule has 70 valence electrons. The highest BCUT2D eigenvalue weighted by atomic mass is 16.3.